The average molecular weight is 430 g/mol. The van der Waals surface area contributed by atoms with Gasteiger partial charge in [-0.15, -0.1) is 32.9 Å². The van der Waals surface area contributed by atoms with Crippen LogP contribution in [-0.4, -0.2) is 26.1 Å². The maximum Gasteiger partial charge on any atom is 0.224 e. The number of rotatable bonds is 6. The molecule has 28 heavy (non-hydrogen) atoms. The Kier molecular flexibility index (Phi) is 5.03. The van der Waals surface area contributed by atoms with E-state index in [1.807, 2.05) is 36.6 Å². The zero-order chi connectivity index (χ0) is 19.7. The van der Waals surface area contributed by atoms with E-state index in [1.165, 1.54) is 34.0 Å². The molecule has 0 spiro atoms. The average Bonchev–Trinajstić information content (AvgIpc) is 3.35. The lowest BCUT2D eigenvalue weighted by atomic mass is 10.2. The third-order valence-corrected chi connectivity index (χ3v) is 6.44. The van der Waals surface area contributed by atoms with Crippen molar-refractivity contribution in [3.05, 3.63) is 40.3 Å². The number of aromatic nitrogens is 4. The Hall–Kier alpha value is -2.89. The first kappa shape index (κ1) is 18.5. The Bertz CT molecular complexity index is 1150. The van der Waals surface area contributed by atoms with Gasteiger partial charge < -0.3 is 16.8 Å². The second-order valence-corrected chi connectivity index (χ2v) is 8.81. The fourth-order valence-electron chi connectivity index (χ4n) is 2.55. The number of nitrogen functional groups attached to an aromatic ring is 1. The molecule has 0 saturated carbocycles. The summed E-state index contributed by atoms with van der Waals surface area (Å²) in [6.07, 6.45) is 0.143. The number of carbonyl (C=O) groups is 1. The normalized spacial score (nSPS) is 10.9. The van der Waals surface area contributed by atoms with E-state index in [0.29, 0.717) is 10.1 Å². The van der Waals surface area contributed by atoms with Crippen molar-refractivity contribution in [1.82, 2.24) is 20.2 Å². The molecular weight excluding hydrogens is 414 g/mol. The number of anilines is 3. The van der Waals surface area contributed by atoms with E-state index in [-0.39, 0.29) is 6.42 Å². The lowest BCUT2D eigenvalue weighted by molar-refractivity contribution is -0.117. The van der Waals surface area contributed by atoms with Gasteiger partial charge in [0.1, 0.15) is 10.0 Å². The Morgan fingerprint density at radius 2 is 2.07 bits per heavy atom. The highest BCUT2D eigenvalue weighted by molar-refractivity contribution is 7.18. The minimum absolute atomic E-state index is 0.143. The zero-order valence-corrected chi connectivity index (χ0v) is 17.1. The molecule has 5 N–H and O–H groups in total. The molecule has 0 aliphatic rings. The molecule has 0 unspecified atom stereocenters. The molecule has 1 aromatic carbocycles. The third kappa shape index (κ3) is 4.01. The van der Waals surface area contributed by atoms with Gasteiger partial charge >= 0.3 is 0 Å². The molecule has 0 fully saturated rings. The molecule has 3 heterocycles. The number of nitrogens with zero attached hydrogens (tertiary/aromatic N) is 4. The summed E-state index contributed by atoms with van der Waals surface area (Å²) in [6, 6.07) is 7.83. The van der Waals surface area contributed by atoms with Gasteiger partial charge in [-0.1, -0.05) is 23.5 Å². The lowest BCUT2D eigenvalue weighted by Crippen LogP contribution is -2.13. The summed E-state index contributed by atoms with van der Waals surface area (Å²) < 4.78 is 0. The van der Waals surface area contributed by atoms with Crippen molar-refractivity contribution in [1.29, 1.82) is 0 Å². The Morgan fingerprint density at radius 3 is 2.82 bits per heavy atom. The van der Waals surface area contributed by atoms with Gasteiger partial charge in [0, 0.05) is 16.6 Å². The molecule has 0 aliphatic heterocycles. The maximum absolute atomic E-state index is 11.1. The van der Waals surface area contributed by atoms with Crippen molar-refractivity contribution < 1.29 is 4.79 Å². The van der Waals surface area contributed by atoms with Crippen molar-refractivity contribution in [2.24, 2.45) is 5.73 Å². The monoisotopic (exact) mass is 429 g/mol. The Morgan fingerprint density at radius 1 is 1.21 bits per heavy atom. The molecule has 0 bridgehead atoms. The number of hydrogen-bond donors (Lipinski definition) is 3. The van der Waals surface area contributed by atoms with E-state index in [9.17, 15) is 4.79 Å². The number of carbonyl (C=O) groups excluding carboxylic acids is 1. The predicted molar refractivity (Wildman–Crippen MR) is 114 cm³/mol. The van der Waals surface area contributed by atoms with Crippen LogP contribution in [0.25, 0.3) is 21.1 Å². The third-order valence-electron chi connectivity index (χ3n) is 3.70. The van der Waals surface area contributed by atoms with Crippen LogP contribution in [-0.2, 0) is 11.2 Å². The van der Waals surface area contributed by atoms with Gasteiger partial charge in [0.25, 0.3) is 0 Å². The van der Waals surface area contributed by atoms with Crippen LogP contribution in [0.4, 0.5) is 16.0 Å². The molecule has 3 aromatic heterocycles. The summed E-state index contributed by atoms with van der Waals surface area (Å²) in [5.74, 6) is -0.391. The first-order valence-electron chi connectivity index (χ1n) is 8.15. The van der Waals surface area contributed by atoms with Crippen molar-refractivity contribution >= 4 is 55.9 Å². The van der Waals surface area contributed by atoms with Crippen molar-refractivity contribution in [3.8, 4) is 21.1 Å². The molecule has 0 aliphatic carbocycles. The summed E-state index contributed by atoms with van der Waals surface area (Å²) >= 11 is 4.28. The van der Waals surface area contributed by atoms with Crippen LogP contribution in [0.2, 0.25) is 0 Å². The van der Waals surface area contributed by atoms with E-state index in [4.69, 9.17) is 11.5 Å². The van der Waals surface area contributed by atoms with Crippen LogP contribution in [0.15, 0.2) is 29.6 Å². The maximum atomic E-state index is 11.1. The van der Waals surface area contributed by atoms with Crippen molar-refractivity contribution in [3.63, 3.8) is 0 Å². The molecule has 0 saturated heterocycles. The van der Waals surface area contributed by atoms with Crippen LogP contribution < -0.4 is 16.8 Å². The number of nitrogens with one attached hydrogen (secondary N) is 1. The minimum Gasteiger partial charge on any atom is -0.374 e. The lowest BCUT2D eigenvalue weighted by Gasteiger charge is -2.04. The minimum atomic E-state index is -0.391. The first-order valence-corrected chi connectivity index (χ1v) is 10.7. The summed E-state index contributed by atoms with van der Waals surface area (Å²) in [4.78, 5) is 21.1. The molecule has 142 valence electrons. The second-order valence-electron chi connectivity index (χ2n) is 5.85. The highest BCUT2D eigenvalue weighted by atomic mass is 32.1. The van der Waals surface area contributed by atoms with E-state index < -0.39 is 5.91 Å². The van der Waals surface area contributed by atoms with Crippen LogP contribution in [0, 0.1) is 6.92 Å². The van der Waals surface area contributed by atoms with Crippen LogP contribution in [0.3, 0.4) is 0 Å². The van der Waals surface area contributed by atoms with Gasteiger partial charge in [-0.25, -0.2) is 9.97 Å². The standard InChI is InChI=1S/C17H15N7OS3/c1-8-14(27-13(20-8)6-12(18)25)11-7-26-17(22-11)21-10-4-2-3-9(5-10)15-23-24-16(19)28-15/h2-5,7H,6H2,1H3,(H2,18,25)(H2,19,24)(H,21,22). The molecule has 4 aromatic rings. The first-order chi connectivity index (χ1) is 13.5. The summed E-state index contributed by atoms with van der Waals surface area (Å²) in [7, 11) is 0. The van der Waals surface area contributed by atoms with Gasteiger partial charge in [-0.2, -0.15) is 0 Å². The van der Waals surface area contributed by atoms with E-state index in [0.717, 1.165) is 37.7 Å². The number of nitrogens with two attached hydrogens (primary N) is 2. The topological polar surface area (TPSA) is 133 Å². The summed E-state index contributed by atoms with van der Waals surface area (Å²) in [5, 5.41) is 15.9. The Balaban J connectivity index is 1.54. The summed E-state index contributed by atoms with van der Waals surface area (Å²) in [5.41, 5.74) is 14.4. The number of amides is 1. The quantitative estimate of drug-likeness (QED) is 0.427. The van der Waals surface area contributed by atoms with Crippen LogP contribution in [0.5, 0.6) is 0 Å². The molecule has 4 rings (SSSR count). The number of benzene rings is 1. The zero-order valence-electron chi connectivity index (χ0n) is 14.7. The SMILES string of the molecule is Cc1nc(CC(N)=O)sc1-c1csc(Nc2cccc(-c3nnc(N)s3)c2)n1. The molecule has 11 heteroatoms. The largest absolute Gasteiger partial charge is 0.374 e. The highest BCUT2D eigenvalue weighted by Gasteiger charge is 2.14. The van der Waals surface area contributed by atoms with E-state index in [2.05, 4.69) is 25.5 Å². The van der Waals surface area contributed by atoms with Gasteiger partial charge in [0.05, 0.1) is 22.7 Å². The van der Waals surface area contributed by atoms with Gasteiger partial charge in [-0.05, 0) is 19.1 Å². The second kappa shape index (κ2) is 7.62. The smallest absolute Gasteiger partial charge is 0.224 e. The van der Waals surface area contributed by atoms with Gasteiger partial charge in [-0.3, -0.25) is 4.79 Å². The molecule has 1 amide bonds. The molecular formula is C17H15N7OS3. The van der Waals surface area contributed by atoms with Crippen molar-refractivity contribution in [2.45, 2.75) is 13.3 Å². The van der Waals surface area contributed by atoms with Crippen LogP contribution in [0.1, 0.15) is 10.7 Å². The highest BCUT2D eigenvalue weighted by Crippen LogP contribution is 2.34. The van der Waals surface area contributed by atoms with Crippen LogP contribution >= 0.6 is 34.0 Å². The number of hydrogen-bond acceptors (Lipinski definition) is 10. The fourth-order valence-corrected chi connectivity index (χ4v) is 4.99. The molecule has 0 atom stereocenters. The van der Waals surface area contributed by atoms with E-state index >= 15 is 0 Å². The molecule has 8 nitrogen and oxygen atoms in total. The number of primary amides is 1. The molecule has 0 radical (unpaired) electrons. The van der Waals surface area contributed by atoms with Crippen molar-refractivity contribution in [2.75, 3.05) is 11.1 Å². The van der Waals surface area contributed by atoms with E-state index in [1.54, 1.807) is 0 Å². The Labute approximate surface area is 172 Å². The van der Waals surface area contributed by atoms with Gasteiger partial charge in [0.2, 0.25) is 11.0 Å². The predicted octanol–water partition coefficient (Wildman–Crippen LogP) is 3.45. The van der Waals surface area contributed by atoms with Gasteiger partial charge in [0.15, 0.2) is 5.13 Å². The fraction of sp³-hybridized carbons (Fsp3) is 0.118. The number of aryl methyl sites for hydroxylation is 1. The number of thiazole rings is 2. The summed E-state index contributed by atoms with van der Waals surface area (Å²) in [6.45, 7) is 1.90.